The lowest BCUT2D eigenvalue weighted by Gasteiger charge is -2.28. The van der Waals surface area contributed by atoms with E-state index in [-0.39, 0.29) is 5.82 Å². The van der Waals surface area contributed by atoms with E-state index in [9.17, 15) is 9.18 Å². The molecule has 0 aromatic heterocycles. The highest BCUT2D eigenvalue weighted by molar-refractivity contribution is 5.74. The third-order valence-electron chi connectivity index (χ3n) is 2.68. The van der Waals surface area contributed by atoms with Crippen LogP contribution >= 0.6 is 0 Å². The number of rotatable bonds is 4. The van der Waals surface area contributed by atoms with Gasteiger partial charge in [-0.15, -0.1) is 0 Å². The molecular weight excluding hydrogens is 209 g/mol. The Balaban J connectivity index is 2.79. The first-order chi connectivity index (χ1) is 7.33. The molecular formula is C12H16FNO2. The van der Waals surface area contributed by atoms with E-state index in [2.05, 4.69) is 0 Å². The van der Waals surface area contributed by atoms with Gasteiger partial charge in [-0.3, -0.25) is 4.79 Å². The van der Waals surface area contributed by atoms with Crippen LogP contribution in [0.4, 0.5) is 4.39 Å². The van der Waals surface area contributed by atoms with E-state index in [1.165, 1.54) is 12.1 Å². The summed E-state index contributed by atoms with van der Waals surface area (Å²) in [6.45, 7) is 3.57. The van der Waals surface area contributed by atoms with Gasteiger partial charge in [0.2, 0.25) is 0 Å². The van der Waals surface area contributed by atoms with Crippen LogP contribution in [0.15, 0.2) is 24.3 Å². The van der Waals surface area contributed by atoms with Crippen molar-refractivity contribution in [2.75, 3.05) is 0 Å². The number of nitrogens with two attached hydrogens (primary N) is 1. The van der Waals surface area contributed by atoms with Crippen molar-refractivity contribution in [3.63, 3.8) is 0 Å². The molecule has 1 aromatic rings. The number of benzene rings is 1. The molecule has 88 valence electrons. The van der Waals surface area contributed by atoms with E-state index in [1.807, 2.05) is 0 Å². The Hall–Kier alpha value is -1.42. The van der Waals surface area contributed by atoms with Crippen molar-refractivity contribution in [1.82, 2.24) is 0 Å². The second kappa shape index (κ2) is 4.61. The summed E-state index contributed by atoms with van der Waals surface area (Å²) in [5, 5.41) is 8.85. The number of hydrogen-bond donors (Lipinski definition) is 2. The molecule has 0 aliphatic heterocycles. The third-order valence-corrected chi connectivity index (χ3v) is 2.68. The highest BCUT2D eigenvalue weighted by Crippen LogP contribution is 2.25. The standard InChI is InChI=1S/C12H16FNO2/c1-12(2,10(14)11(15)16)7-8-3-5-9(13)6-4-8/h3-6,10H,7,14H2,1-2H3,(H,15,16). The van der Waals surface area contributed by atoms with Gasteiger partial charge in [0.15, 0.2) is 0 Å². The average molecular weight is 225 g/mol. The molecule has 0 amide bonds. The van der Waals surface area contributed by atoms with Crippen LogP contribution < -0.4 is 5.73 Å². The van der Waals surface area contributed by atoms with Crippen LogP contribution in [0.3, 0.4) is 0 Å². The van der Waals surface area contributed by atoms with E-state index < -0.39 is 17.4 Å². The number of carboxylic acids is 1. The minimum absolute atomic E-state index is 0.302. The summed E-state index contributed by atoms with van der Waals surface area (Å²) in [6.07, 6.45) is 0.501. The van der Waals surface area contributed by atoms with Crippen molar-refractivity contribution in [1.29, 1.82) is 0 Å². The smallest absolute Gasteiger partial charge is 0.321 e. The van der Waals surface area contributed by atoms with Crippen molar-refractivity contribution >= 4 is 5.97 Å². The Kier molecular flexibility index (Phi) is 3.65. The molecule has 0 fully saturated rings. The molecule has 1 aromatic carbocycles. The van der Waals surface area contributed by atoms with Crippen LogP contribution in [0.2, 0.25) is 0 Å². The monoisotopic (exact) mass is 225 g/mol. The second-order valence-electron chi connectivity index (χ2n) is 4.61. The molecule has 0 saturated heterocycles. The van der Waals surface area contributed by atoms with Crippen LogP contribution in [-0.2, 0) is 11.2 Å². The normalized spacial score (nSPS) is 13.5. The predicted molar refractivity (Wildman–Crippen MR) is 59.5 cm³/mol. The first-order valence-electron chi connectivity index (χ1n) is 5.06. The second-order valence-corrected chi connectivity index (χ2v) is 4.61. The molecule has 0 aliphatic rings. The van der Waals surface area contributed by atoms with Crippen molar-refractivity contribution < 1.29 is 14.3 Å². The van der Waals surface area contributed by atoms with Gasteiger partial charge >= 0.3 is 5.97 Å². The summed E-state index contributed by atoms with van der Waals surface area (Å²) in [6, 6.07) is 5.07. The quantitative estimate of drug-likeness (QED) is 0.821. The van der Waals surface area contributed by atoms with Crippen molar-refractivity contribution in [2.45, 2.75) is 26.3 Å². The van der Waals surface area contributed by atoms with E-state index in [1.54, 1.807) is 26.0 Å². The van der Waals surface area contributed by atoms with Gasteiger partial charge < -0.3 is 10.8 Å². The molecule has 3 N–H and O–H groups in total. The maximum absolute atomic E-state index is 12.7. The number of hydrogen-bond acceptors (Lipinski definition) is 2. The molecule has 0 heterocycles. The number of aliphatic carboxylic acids is 1. The van der Waals surface area contributed by atoms with Crippen molar-refractivity contribution in [3.8, 4) is 0 Å². The van der Waals surface area contributed by atoms with Crippen LogP contribution in [0.5, 0.6) is 0 Å². The fourth-order valence-electron chi connectivity index (χ4n) is 1.57. The topological polar surface area (TPSA) is 63.3 Å². The molecule has 1 rings (SSSR count). The Bertz CT molecular complexity index is 373. The third kappa shape index (κ3) is 3.03. The molecule has 4 heteroatoms. The van der Waals surface area contributed by atoms with Gasteiger partial charge in [0.05, 0.1) is 0 Å². The van der Waals surface area contributed by atoms with Crippen LogP contribution in [0.1, 0.15) is 19.4 Å². The minimum atomic E-state index is -1.02. The zero-order chi connectivity index (χ0) is 12.3. The van der Waals surface area contributed by atoms with Gasteiger partial charge in [-0.2, -0.15) is 0 Å². The summed E-state index contributed by atoms with van der Waals surface area (Å²) in [4.78, 5) is 10.8. The maximum atomic E-state index is 12.7. The highest BCUT2D eigenvalue weighted by Gasteiger charge is 2.31. The summed E-state index contributed by atoms with van der Waals surface area (Å²) in [7, 11) is 0. The zero-order valence-corrected chi connectivity index (χ0v) is 9.40. The zero-order valence-electron chi connectivity index (χ0n) is 9.40. The van der Waals surface area contributed by atoms with Crippen LogP contribution in [-0.4, -0.2) is 17.1 Å². The summed E-state index contributed by atoms with van der Waals surface area (Å²) >= 11 is 0. The van der Waals surface area contributed by atoms with E-state index in [0.717, 1.165) is 5.56 Å². The minimum Gasteiger partial charge on any atom is -0.480 e. The Morgan fingerprint density at radius 1 is 1.44 bits per heavy atom. The first-order valence-corrected chi connectivity index (χ1v) is 5.06. The lowest BCUT2D eigenvalue weighted by Crippen LogP contribution is -2.45. The predicted octanol–water partition coefficient (Wildman–Crippen LogP) is 1.81. The summed E-state index contributed by atoms with van der Waals surface area (Å²) < 4.78 is 12.7. The van der Waals surface area contributed by atoms with E-state index >= 15 is 0 Å². The molecule has 0 saturated carbocycles. The van der Waals surface area contributed by atoms with Crippen LogP contribution in [0.25, 0.3) is 0 Å². The molecule has 0 radical (unpaired) electrons. The van der Waals surface area contributed by atoms with Crippen LogP contribution in [0, 0.1) is 11.2 Å². The Labute approximate surface area is 94.1 Å². The Morgan fingerprint density at radius 2 is 1.94 bits per heavy atom. The maximum Gasteiger partial charge on any atom is 0.321 e. The Morgan fingerprint density at radius 3 is 2.38 bits per heavy atom. The largest absolute Gasteiger partial charge is 0.480 e. The van der Waals surface area contributed by atoms with Gasteiger partial charge in [-0.05, 0) is 29.5 Å². The highest BCUT2D eigenvalue weighted by atomic mass is 19.1. The first kappa shape index (κ1) is 12.6. The molecule has 0 bridgehead atoms. The molecule has 0 spiro atoms. The van der Waals surface area contributed by atoms with E-state index in [0.29, 0.717) is 6.42 Å². The summed E-state index contributed by atoms with van der Waals surface area (Å²) in [5.41, 5.74) is 5.91. The molecule has 3 nitrogen and oxygen atoms in total. The van der Waals surface area contributed by atoms with Gasteiger partial charge in [0.1, 0.15) is 11.9 Å². The van der Waals surface area contributed by atoms with Gasteiger partial charge in [0.25, 0.3) is 0 Å². The number of carbonyl (C=O) groups is 1. The average Bonchev–Trinajstić information content (AvgIpc) is 2.20. The van der Waals surface area contributed by atoms with Gasteiger partial charge in [-0.25, -0.2) is 4.39 Å². The summed E-state index contributed by atoms with van der Waals surface area (Å²) in [5.74, 6) is -1.32. The fraction of sp³-hybridized carbons (Fsp3) is 0.417. The lowest BCUT2D eigenvalue weighted by molar-refractivity contribution is -0.141. The van der Waals surface area contributed by atoms with Gasteiger partial charge in [-0.1, -0.05) is 26.0 Å². The lowest BCUT2D eigenvalue weighted by atomic mass is 9.79. The van der Waals surface area contributed by atoms with Crippen molar-refractivity contribution in [2.24, 2.45) is 11.1 Å². The number of carboxylic acid groups (broad SMARTS) is 1. The molecule has 16 heavy (non-hydrogen) atoms. The molecule has 0 aliphatic carbocycles. The molecule has 1 atom stereocenters. The number of halogens is 1. The fourth-order valence-corrected chi connectivity index (χ4v) is 1.57. The molecule has 1 unspecified atom stereocenters. The van der Waals surface area contributed by atoms with Crippen molar-refractivity contribution in [3.05, 3.63) is 35.6 Å². The van der Waals surface area contributed by atoms with Gasteiger partial charge in [0, 0.05) is 0 Å². The van der Waals surface area contributed by atoms with E-state index in [4.69, 9.17) is 10.8 Å². The SMILES string of the molecule is CC(C)(Cc1ccc(F)cc1)C(N)C(=O)O.